The molecule has 0 aliphatic carbocycles. The molecule has 126 valence electrons. The molecule has 1 aromatic carbocycles. The lowest BCUT2D eigenvalue weighted by molar-refractivity contribution is 0.375. The number of halogens is 1. The van der Waals surface area contributed by atoms with E-state index in [0.29, 0.717) is 23.1 Å². The van der Waals surface area contributed by atoms with Gasteiger partial charge in [0.1, 0.15) is 5.01 Å². The number of nitrogens with one attached hydrogen (secondary N) is 1. The van der Waals surface area contributed by atoms with Gasteiger partial charge in [0.05, 0.1) is 0 Å². The maximum atomic E-state index is 12.3. The van der Waals surface area contributed by atoms with E-state index >= 15 is 0 Å². The van der Waals surface area contributed by atoms with E-state index < -0.39 is 10.0 Å². The van der Waals surface area contributed by atoms with Gasteiger partial charge in [0.15, 0.2) is 10.9 Å². The molecule has 0 atom stereocenters. The molecule has 2 aromatic heterocycles. The van der Waals surface area contributed by atoms with Crippen molar-refractivity contribution in [2.75, 3.05) is 6.54 Å². The summed E-state index contributed by atoms with van der Waals surface area (Å²) in [6, 6.07) is 7.53. The van der Waals surface area contributed by atoms with Crippen LogP contribution in [0.4, 0.5) is 0 Å². The van der Waals surface area contributed by atoms with E-state index in [4.69, 9.17) is 4.52 Å². The lowest BCUT2D eigenvalue weighted by atomic mass is 10.2. The number of benzene rings is 1. The van der Waals surface area contributed by atoms with E-state index in [1.54, 1.807) is 6.92 Å². The fourth-order valence-electron chi connectivity index (χ4n) is 1.92. The average molecular weight is 429 g/mol. The van der Waals surface area contributed by atoms with Gasteiger partial charge in [-0.25, -0.2) is 18.1 Å². The number of aromatic nitrogens is 3. The van der Waals surface area contributed by atoms with Crippen molar-refractivity contribution >= 4 is 37.3 Å². The smallest absolute Gasteiger partial charge is 0.258 e. The molecule has 0 radical (unpaired) electrons. The number of hydrogen-bond donors (Lipinski definition) is 1. The Balaban J connectivity index is 1.67. The van der Waals surface area contributed by atoms with Crippen LogP contribution in [0, 0.1) is 6.92 Å². The van der Waals surface area contributed by atoms with Crippen molar-refractivity contribution in [2.24, 2.45) is 0 Å². The average Bonchev–Trinajstić information content (AvgIpc) is 3.18. The van der Waals surface area contributed by atoms with Gasteiger partial charge >= 0.3 is 0 Å². The predicted octanol–water partition coefficient (Wildman–Crippen LogP) is 2.79. The first kappa shape index (κ1) is 17.2. The summed E-state index contributed by atoms with van der Waals surface area (Å²) in [6.07, 6.45) is 0.323. The fourth-order valence-corrected chi connectivity index (χ4v) is 4.31. The van der Waals surface area contributed by atoms with Crippen molar-refractivity contribution in [3.8, 4) is 10.6 Å². The minimum Gasteiger partial charge on any atom is -0.339 e. The summed E-state index contributed by atoms with van der Waals surface area (Å²) in [5.41, 5.74) is 0.867. The predicted molar refractivity (Wildman–Crippen MR) is 93.2 cm³/mol. The van der Waals surface area contributed by atoms with Crippen molar-refractivity contribution in [3.05, 3.63) is 45.8 Å². The Morgan fingerprint density at radius 3 is 2.67 bits per heavy atom. The Kier molecular flexibility index (Phi) is 5.09. The highest BCUT2D eigenvalue weighted by molar-refractivity contribution is 9.10. The van der Waals surface area contributed by atoms with Crippen LogP contribution in [-0.4, -0.2) is 30.1 Å². The monoisotopic (exact) mass is 428 g/mol. The Morgan fingerprint density at radius 1 is 1.25 bits per heavy atom. The van der Waals surface area contributed by atoms with Gasteiger partial charge in [-0.05, 0) is 19.1 Å². The van der Waals surface area contributed by atoms with Crippen LogP contribution >= 0.6 is 27.3 Å². The Bertz CT molecular complexity index is 935. The highest BCUT2D eigenvalue weighted by Gasteiger charge is 2.18. The molecule has 0 aliphatic heterocycles. The molecule has 7 nitrogen and oxygen atoms in total. The van der Waals surface area contributed by atoms with Gasteiger partial charge in [0.25, 0.3) is 10.0 Å². The first-order chi connectivity index (χ1) is 11.4. The van der Waals surface area contributed by atoms with Crippen LogP contribution in [0.2, 0.25) is 0 Å². The van der Waals surface area contributed by atoms with Gasteiger partial charge in [0.2, 0.25) is 5.89 Å². The van der Waals surface area contributed by atoms with E-state index in [0.717, 1.165) is 10.0 Å². The molecule has 0 aliphatic rings. The van der Waals surface area contributed by atoms with Crippen molar-refractivity contribution in [1.29, 1.82) is 0 Å². The zero-order valence-electron chi connectivity index (χ0n) is 12.6. The molecule has 0 unspecified atom stereocenters. The first-order valence-corrected chi connectivity index (χ1v) is 10.1. The molecule has 3 rings (SSSR count). The van der Waals surface area contributed by atoms with Crippen molar-refractivity contribution in [2.45, 2.75) is 18.4 Å². The maximum absolute atomic E-state index is 12.3. The molecule has 3 aromatic rings. The van der Waals surface area contributed by atoms with Crippen molar-refractivity contribution < 1.29 is 12.9 Å². The van der Waals surface area contributed by atoms with Crippen LogP contribution in [0.5, 0.6) is 0 Å². The van der Waals surface area contributed by atoms with Crippen LogP contribution in [0.3, 0.4) is 0 Å². The third-order valence-electron chi connectivity index (χ3n) is 3.05. The number of hydrogen-bond acceptors (Lipinski definition) is 7. The third kappa shape index (κ3) is 4.07. The van der Waals surface area contributed by atoms with Gasteiger partial charge in [-0.2, -0.15) is 4.98 Å². The molecule has 0 bridgehead atoms. The van der Waals surface area contributed by atoms with Gasteiger partial charge < -0.3 is 4.52 Å². The largest absolute Gasteiger partial charge is 0.339 e. The standard InChI is InChI=1S/C14H13BrN4O3S2/c1-9-17-12(22-19-9)6-7-16-24(20,21)13-8-23-14(18-13)10-2-4-11(15)5-3-10/h2-5,8,16H,6-7H2,1H3. The summed E-state index contributed by atoms with van der Waals surface area (Å²) in [4.78, 5) is 8.24. The summed E-state index contributed by atoms with van der Waals surface area (Å²) in [7, 11) is -3.67. The van der Waals surface area contributed by atoms with E-state index in [1.807, 2.05) is 24.3 Å². The molecule has 0 saturated carbocycles. The normalized spacial score (nSPS) is 11.8. The molecule has 2 heterocycles. The second-order valence-electron chi connectivity index (χ2n) is 4.88. The zero-order valence-corrected chi connectivity index (χ0v) is 15.8. The summed E-state index contributed by atoms with van der Waals surface area (Å²) >= 11 is 4.65. The van der Waals surface area contributed by atoms with Crippen LogP contribution in [0.25, 0.3) is 10.6 Å². The summed E-state index contributed by atoms with van der Waals surface area (Å²) in [5, 5.41) is 5.84. The Morgan fingerprint density at radius 2 is 2.00 bits per heavy atom. The van der Waals surface area contributed by atoms with Crippen LogP contribution < -0.4 is 4.72 Å². The minimum absolute atomic E-state index is 0.00660. The van der Waals surface area contributed by atoms with E-state index in [-0.39, 0.29) is 11.6 Å². The second-order valence-corrected chi connectivity index (χ2v) is 8.37. The lowest BCUT2D eigenvalue weighted by Crippen LogP contribution is -2.26. The quantitative estimate of drug-likeness (QED) is 0.647. The number of nitrogens with zero attached hydrogens (tertiary/aromatic N) is 3. The molecule has 1 N–H and O–H groups in total. The van der Waals surface area contributed by atoms with Crippen LogP contribution in [0.15, 0.2) is 43.7 Å². The van der Waals surface area contributed by atoms with E-state index in [9.17, 15) is 8.42 Å². The topological polar surface area (TPSA) is 98.0 Å². The molecular weight excluding hydrogens is 416 g/mol. The zero-order chi connectivity index (χ0) is 17.2. The molecular formula is C14H13BrN4O3S2. The number of sulfonamides is 1. The SMILES string of the molecule is Cc1noc(CCNS(=O)(=O)c2csc(-c3ccc(Br)cc3)n2)n1. The van der Waals surface area contributed by atoms with Gasteiger partial charge in [-0.15, -0.1) is 11.3 Å². The molecule has 10 heteroatoms. The second kappa shape index (κ2) is 7.09. The van der Waals surface area contributed by atoms with Gasteiger partial charge in [-0.3, -0.25) is 0 Å². The minimum atomic E-state index is -3.67. The fraction of sp³-hybridized carbons (Fsp3) is 0.214. The molecule has 0 saturated heterocycles. The Labute approximate surface area is 151 Å². The van der Waals surface area contributed by atoms with E-state index in [2.05, 4.69) is 35.8 Å². The number of thiazole rings is 1. The number of rotatable bonds is 6. The third-order valence-corrected chi connectivity index (χ3v) is 5.96. The first-order valence-electron chi connectivity index (χ1n) is 6.94. The summed E-state index contributed by atoms with van der Waals surface area (Å²) < 4.78 is 33.0. The Hall–Kier alpha value is -1.62. The van der Waals surface area contributed by atoms with Crippen molar-refractivity contribution in [1.82, 2.24) is 19.8 Å². The van der Waals surface area contributed by atoms with E-state index in [1.165, 1.54) is 16.7 Å². The van der Waals surface area contributed by atoms with Gasteiger partial charge in [0, 0.05) is 28.4 Å². The molecule has 0 fully saturated rings. The summed E-state index contributed by atoms with van der Waals surface area (Å²) in [5.74, 6) is 0.913. The number of aryl methyl sites for hydroxylation is 1. The highest BCUT2D eigenvalue weighted by Crippen LogP contribution is 2.26. The molecule has 0 amide bonds. The lowest BCUT2D eigenvalue weighted by Gasteiger charge is -2.02. The van der Waals surface area contributed by atoms with Gasteiger partial charge in [-0.1, -0.05) is 33.2 Å². The van der Waals surface area contributed by atoms with Crippen LogP contribution in [-0.2, 0) is 16.4 Å². The summed E-state index contributed by atoms with van der Waals surface area (Å²) in [6.45, 7) is 1.87. The molecule has 24 heavy (non-hydrogen) atoms. The maximum Gasteiger partial charge on any atom is 0.258 e. The molecule has 0 spiro atoms. The highest BCUT2D eigenvalue weighted by atomic mass is 79.9. The van der Waals surface area contributed by atoms with Crippen molar-refractivity contribution in [3.63, 3.8) is 0 Å². The van der Waals surface area contributed by atoms with Crippen LogP contribution in [0.1, 0.15) is 11.7 Å².